The van der Waals surface area contributed by atoms with E-state index in [1.54, 1.807) is 0 Å². The van der Waals surface area contributed by atoms with E-state index in [0.717, 1.165) is 44.3 Å². The normalized spacial score (nSPS) is 25.5. The fourth-order valence-electron chi connectivity index (χ4n) is 3.01. The highest BCUT2D eigenvalue weighted by Gasteiger charge is 2.25. The lowest BCUT2D eigenvalue weighted by molar-refractivity contribution is 0.0746. The Kier molecular flexibility index (Phi) is 5.37. The summed E-state index contributed by atoms with van der Waals surface area (Å²) >= 11 is 0. The Hall–Kier alpha value is -0.900. The SMILES string of the molecule is CCN(CC(O)c1ccccc1)C1CCC(N)CC1. The molecule has 0 heterocycles. The molecule has 0 aliphatic heterocycles. The molecule has 3 nitrogen and oxygen atoms in total. The molecule has 0 amide bonds. The largest absolute Gasteiger partial charge is 0.387 e. The molecule has 3 N–H and O–H groups in total. The quantitative estimate of drug-likeness (QED) is 0.856. The number of likely N-dealkylation sites (N-methyl/N-ethyl adjacent to an activating group) is 1. The lowest BCUT2D eigenvalue weighted by atomic mass is 9.90. The third kappa shape index (κ3) is 4.03. The van der Waals surface area contributed by atoms with Crippen LogP contribution in [0.4, 0.5) is 0 Å². The predicted octanol–water partition coefficient (Wildman–Crippen LogP) is 2.31. The van der Waals surface area contributed by atoms with Crippen LogP contribution < -0.4 is 5.73 Å². The van der Waals surface area contributed by atoms with Gasteiger partial charge in [0.1, 0.15) is 0 Å². The minimum atomic E-state index is -0.392. The number of hydrogen-bond acceptors (Lipinski definition) is 3. The van der Waals surface area contributed by atoms with Crippen LogP contribution in [-0.2, 0) is 0 Å². The molecule has 1 aliphatic carbocycles. The lowest BCUT2D eigenvalue weighted by Gasteiger charge is -2.36. The zero-order valence-electron chi connectivity index (χ0n) is 11.8. The van der Waals surface area contributed by atoms with Gasteiger partial charge < -0.3 is 10.8 Å². The number of aliphatic hydroxyl groups excluding tert-OH is 1. The summed E-state index contributed by atoms with van der Waals surface area (Å²) < 4.78 is 0. The first-order chi connectivity index (χ1) is 9.20. The van der Waals surface area contributed by atoms with Crippen LogP contribution in [0.3, 0.4) is 0 Å². The van der Waals surface area contributed by atoms with E-state index in [-0.39, 0.29) is 0 Å². The molecule has 106 valence electrons. The number of hydrogen-bond donors (Lipinski definition) is 2. The first-order valence-electron chi connectivity index (χ1n) is 7.43. The fraction of sp³-hybridized carbons (Fsp3) is 0.625. The molecule has 1 aliphatic rings. The van der Waals surface area contributed by atoms with Crippen LogP contribution in [0.5, 0.6) is 0 Å². The monoisotopic (exact) mass is 262 g/mol. The molecule has 1 atom stereocenters. The standard InChI is InChI=1S/C16H26N2O/c1-2-18(15-10-8-14(17)9-11-15)12-16(19)13-6-4-3-5-7-13/h3-7,14-16,19H,2,8-12,17H2,1H3. The van der Waals surface area contributed by atoms with Crippen molar-refractivity contribution in [3.63, 3.8) is 0 Å². The summed E-state index contributed by atoms with van der Waals surface area (Å²) in [6.45, 7) is 3.89. The van der Waals surface area contributed by atoms with Crippen molar-refractivity contribution in [1.82, 2.24) is 4.90 Å². The van der Waals surface area contributed by atoms with Crippen LogP contribution in [0.1, 0.15) is 44.3 Å². The highest BCUT2D eigenvalue weighted by molar-refractivity contribution is 5.17. The van der Waals surface area contributed by atoms with Crippen molar-refractivity contribution in [2.75, 3.05) is 13.1 Å². The number of aliphatic hydroxyl groups is 1. The second kappa shape index (κ2) is 7.04. The Labute approximate surface area is 116 Å². The molecular formula is C16H26N2O. The smallest absolute Gasteiger partial charge is 0.0917 e. The summed E-state index contributed by atoms with van der Waals surface area (Å²) in [4.78, 5) is 2.41. The van der Waals surface area contributed by atoms with Gasteiger partial charge in [0.15, 0.2) is 0 Å². The van der Waals surface area contributed by atoms with Gasteiger partial charge in [0.2, 0.25) is 0 Å². The minimum Gasteiger partial charge on any atom is -0.387 e. The van der Waals surface area contributed by atoms with Gasteiger partial charge in [0, 0.05) is 18.6 Å². The molecule has 1 unspecified atom stereocenters. The van der Waals surface area contributed by atoms with E-state index in [9.17, 15) is 5.11 Å². The molecule has 0 saturated heterocycles. The van der Waals surface area contributed by atoms with Gasteiger partial charge in [-0.2, -0.15) is 0 Å². The third-order valence-corrected chi connectivity index (χ3v) is 4.26. The van der Waals surface area contributed by atoms with E-state index in [2.05, 4.69) is 11.8 Å². The van der Waals surface area contributed by atoms with Crippen molar-refractivity contribution >= 4 is 0 Å². The Morgan fingerprint density at radius 3 is 2.42 bits per heavy atom. The molecule has 1 saturated carbocycles. The van der Waals surface area contributed by atoms with Crippen LogP contribution in [0.15, 0.2) is 30.3 Å². The van der Waals surface area contributed by atoms with Crippen molar-refractivity contribution in [2.24, 2.45) is 5.73 Å². The Bertz CT molecular complexity index is 360. The summed E-state index contributed by atoms with van der Waals surface area (Å²) in [6.07, 6.45) is 4.16. The second-order valence-corrected chi connectivity index (χ2v) is 5.58. The average Bonchev–Trinajstić information content (AvgIpc) is 2.46. The highest BCUT2D eigenvalue weighted by atomic mass is 16.3. The van der Waals surface area contributed by atoms with Crippen molar-refractivity contribution in [3.8, 4) is 0 Å². The van der Waals surface area contributed by atoms with E-state index >= 15 is 0 Å². The molecule has 19 heavy (non-hydrogen) atoms. The van der Waals surface area contributed by atoms with Gasteiger partial charge in [0.25, 0.3) is 0 Å². The zero-order valence-corrected chi connectivity index (χ0v) is 11.8. The van der Waals surface area contributed by atoms with Crippen molar-refractivity contribution < 1.29 is 5.11 Å². The number of nitrogens with two attached hydrogens (primary N) is 1. The van der Waals surface area contributed by atoms with Crippen LogP contribution in [0.2, 0.25) is 0 Å². The highest BCUT2D eigenvalue weighted by Crippen LogP contribution is 2.24. The zero-order chi connectivity index (χ0) is 13.7. The summed E-state index contributed by atoms with van der Waals surface area (Å²) in [5, 5.41) is 10.3. The Morgan fingerprint density at radius 2 is 1.84 bits per heavy atom. The molecule has 2 rings (SSSR count). The third-order valence-electron chi connectivity index (χ3n) is 4.26. The second-order valence-electron chi connectivity index (χ2n) is 5.58. The van der Waals surface area contributed by atoms with E-state index in [1.807, 2.05) is 30.3 Å². The van der Waals surface area contributed by atoms with Gasteiger partial charge >= 0.3 is 0 Å². The van der Waals surface area contributed by atoms with Gasteiger partial charge in [0.05, 0.1) is 6.10 Å². The van der Waals surface area contributed by atoms with Gasteiger partial charge in [-0.25, -0.2) is 0 Å². The summed E-state index contributed by atoms with van der Waals surface area (Å²) in [5.74, 6) is 0. The van der Waals surface area contributed by atoms with Crippen molar-refractivity contribution in [3.05, 3.63) is 35.9 Å². The van der Waals surface area contributed by atoms with E-state index in [1.165, 1.54) is 0 Å². The molecule has 0 bridgehead atoms. The first kappa shape index (κ1) is 14.5. The molecule has 0 radical (unpaired) electrons. The molecule has 0 spiro atoms. The Morgan fingerprint density at radius 1 is 1.21 bits per heavy atom. The van der Waals surface area contributed by atoms with Crippen LogP contribution >= 0.6 is 0 Å². The fourth-order valence-corrected chi connectivity index (χ4v) is 3.01. The van der Waals surface area contributed by atoms with E-state index in [4.69, 9.17) is 5.73 Å². The lowest BCUT2D eigenvalue weighted by Crippen LogP contribution is -2.42. The van der Waals surface area contributed by atoms with Crippen molar-refractivity contribution in [1.29, 1.82) is 0 Å². The number of nitrogens with zero attached hydrogens (tertiary/aromatic N) is 1. The van der Waals surface area contributed by atoms with Crippen molar-refractivity contribution in [2.45, 2.75) is 50.8 Å². The number of benzene rings is 1. The van der Waals surface area contributed by atoms with Gasteiger partial charge in [-0.15, -0.1) is 0 Å². The van der Waals surface area contributed by atoms with Gasteiger partial charge in [-0.05, 0) is 37.8 Å². The topological polar surface area (TPSA) is 49.5 Å². The molecule has 1 aromatic rings. The predicted molar refractivity (Wildman–Crippen MR) is 78.9 cm³/mol. The van der Waals surface area contributed by atoms with E-state index in [0.29, 0.717) is 12.1 Å². The summed E-state index contributed by atoms with van der Waals surface area (Å²) in [7, 11) is 0. The maximum absolute atomic E-state index is 10.3. The molecule has 1 fully saturated rings. The molecule has 0 aromatic heterocycles. The van der Waals surface area contributed by atoms with E-state index < -0.39 is 6.10 Å². The number of rotatable bonds is 5. The molecular weight excluding hydrogens is 236 g/mol. The first-order valence-corrected chi connectivity index (χ1v) is 7.43. The molecule has 3 heteroatoms. The van der Waals surface area contributed by atoms with Gasteiger partial charge in [-0.1, -0.05) is 37.3 Å². The van der Waals surface area contributed by atoms with Crippen LogP contribution in [0, 0.1) is 0 Å². The maximum Gasteiger partial charge on any atom is 0.0917 e. The van der Waals surface area contributed by atoms with Crippen LogP contribution in [0.25, 0.3) is 0 Å². The maximum atomic E-state index is 10.3. The average molecular weight is 262 g/mol. The minimum absolute atomic E-state index is 0.383. The summed E-state index contributed by atoms with van der Waals surface area (Å²) in [5.41, 5.74) is 6.97. The summed E-state index contributed by atoms with van der Waals surface area (Å²) in [6, 6.07) is 10.9. The van der Waals surface area contributed by atoms with Crippen LogP contribution in [-0.4, -0.2) is 35.2 Å². The Balaban J connectivity index is 1.92. The van der Waals surface area contributed by atoms with Gasteiger partial charge in [-0.3, -0.25) is 4.90 Å². The molecule has 1 aromatic carbocycles.